The van der Waals surface area contributed by atoms with Crippen LogP contribution in [0, 0.1) is 27.7 Å². The zero-order valence-corrected chi connectivity index (χ0v) is 14.4. The normalized spacial score (nSPS) is 11.0. The molecule has 0 nitrogen and oxygen atoms in total. The average molecular weight is 280 g/mol. The fourth-order valence-electron chi connectivity index (χ4n) is 3.24. The number of hydrogen-bond acceptors (Lipinski definition) is 0. The molecule has 0 heterocycles. The fraction of sp³-hybridized carbons (Fsp3) is 0.429. The van der Waals surface area contributed by atoms with Gasteiger partial charge >= 0.3 is 0 Å². The number of hydrogen-bond donors (Lipinski definition) is 0. The molecule has 2 aromatic rings. The zero-order chi connectivity index (χ0) is 15.6. The lowest BCUT2D eigenvalue weighted by molar-refractivity contribution is 1.04. The molecular weight excluding hydrogens is 252 g/mol. The van der Waals surface area contributed by atoms with Crippen LogP contribution in [-0.4, -0.2) is 0 Å². The summed E-state index contributed by atoms with van der Waals surface area (Å²) in [6.07, 6.45) is 3.29. The van der Waals surface area contributed by atoms with Gasteiger partial charge in [0.05, 0.1) is 0 Å². The maximum absolute atomic E-state index is 2.41. The van der Waals surface area contributed by atoms with Gasteiger partial charge in [0.1, 0.15) is 0 Å². The maximum atomic E-state index is 2.41. The van der Waals surface area contributed by atoms with Gasteiger partial charge in [-0.15, -0.1) is 0 Å². The third-order valence-electron chi connectivity index (χ3n) is 4.73. The first-order chi connectivity index (χ1) is 9.96. The SMILES string of the molecule is CCc1cc(Cc2cc(CC)c(C)cc2C)c(C)cc1C. The lowest BCUT2D eigenvalue weighted by atomic mass is 9.90. The predicted octanol–water partition coefficient (Wildman–Crippen LogP) is 5.64. The van der Waals surface area contributed by atoms with Crippen molar-refractivity contribution in [2.75, 3.05) is 0 Å². The molecule has 0 aromatic heterocycles. The molecular formula is C21H28. The van der Waals surface area contributed by atoms with Crippen LogP contribution in [0.5, 0.6) is 0 Å². The summed E-state index contributed by atoms with van der Waals surface area (Å²) in [7, 11) is 0. The van der Waals surface area contributed by atoms with Crippen molar-refractivity contribution in [3.8, 4) is 0 Å². The lowest BCUT2D eigenvalue weighted by Crippen LogP contribution is -2.00. The molecule has 0 radical (unpaired) electrons. The van der Waals surface area contributed by atoms with Crippen molar-refractivity contribution in [1.29, 1.82) is 0 Å². The minimum atomic E-state index is 1.05. The van der Waals surface area contributed by atoms with Gasteiger partial charge in [0, 0.05) is 0 Å². The van der Waals surface area contributed by atoms with Gasteiger partial charge < -0.3 is 0 Å². The molecule has 0 aliphatic heterocycles. The fourth-order valence-corrected chi connectivity index (χ4v) is 3.24. The van der Waals surface area contributed by atoms with Crippen molar-refractivity contribution in [1.82, 2.24) is 0 Å². The summed E-state index contributed by atoms with van der Waals surface area (Å²) in [4.78, 5) is 0. The van der Waals surface area contributed by atoms with Crippen molar-refractivity contribution in [3.05, 3.63) is 68.8 Å². The summed E-state index contributed by atoms with van der Waals surface area (Å²) >= 11 is 0. The second-order valence-electron chi connectivity index (χ2n) is 6.29. The second kappa shape index (κ2) is 6.47. The monoisotopic (exact) mass is 280 g/mol. The van der Waals surface area contributed by atoms with E-state index in [1.807, 2.05) is 0 Å². The van der Waals surface area contributed by atoms with Crippen LogP contribution in [0.15, 0.2) is 24.3 Å². The Labute approximate surface area is 130 Å². The standard InChI is InChI=1S/C21H28/c1-7-18-11-20(16(5)9-14(18)3)13-21-12-19(8-2)15(4)10-17(21)6/h9-12H,7-8,13H2,1-6H3. The first-order valence-corrected chi connectivity index (χ1v) is 8.14. The Kier molecular flexibility index (Phi) is 4.88. The highest BCUT2D eigenvalue weighted by Gasteiger charge is 2.08. The first-order valence-electron chi connectivity index (χ1n) is 8.14. The Balaban J connectivity index is 2.42. The molecule has 0 spiro atoms. The van der Waals surface area contributed by atoms with E-state index in [-0.39, 0.29) is 0 Å². The highest BCUT2D eigenvalue weighted by atomic mass is 14.1. The molecule has 21 heavy (non-hydrogen) atoms. The molecule has 0 fully saturated rings. The van der Waals surface area contributed by atoms with Gasteiger partial charge in [0.2, 0.25) is 0 Å². The molecule has 112 valence electrons. The van der Waals surface area contributed by atoms with E-state index in [1.54, 1.807) is 0 Å². The quantitative estimate of drug-likeness (QED) is 0.680. The molecule has 0 atom stereocenters. The predicted molar refractivity (Wildman–Crippen MR) is 93.4 cm³/mol. The van der Waals surface area contributed by atoms with Gasteiger partial charge in [-0.2, -0.15) is 0 Å². The van der Waals surface area contributed by atoms with Crippen molar-refractivity contribution >= 4 is 0 Å². The van der Waals surface area contributed by atoms with E-state index in [1.165, 1.54) is 44.5 Å². The molecule has 0 saturated carbocycles. The van der Waals surface area contributed by atoms with Crippen LogP contribution in [0.4, 0.5) is 0 Å². The topological polar surface area (TPSA) is 0 Å². The van der Waals surface area contributed by atoms with Crippen LogP contribution in [0.25, 0.3) is 0 Å². The Morgan fingerprint density at radius 1 is 0.524 bits per heavy atom. The van der Waals surface area contributed by atoms with Crippen LogP contribution >= 0.6 is 0 Å². The molecule has 0 amide bonds. The highest BCUT2D eigenvalue weighted by Crippen LogP contribution is 2.23. The van der Waals surface area contributed by atoms with Crippen molar-refractivity contribution in [2.45, 2.75) is 60.8 Å². The Morgan fingerprint density at radius 2 is 0.857 bits per heavy atom. The van der Waals surface area contributed by atoms with Gasteiger partial charge in [-0.3, -0.25) is 0 Å². The van der Waals surface area contributed by atoms with E-state index in [9.17, 15) is 0 Å². The highest BCUT2D eigenvalue weighted by molar-refractivity contribution is 5.44. The lowest BCUT2D eigenvalue weighted by Gasteiger charge is -2.15. The Bertz CT molecular complexity index is 590. The number of benzene rings is 2. The van der Waals surface area contributed by atoms with Gasteiger partial charge in [0.15, 0.2) is 0 Å². The van der Waals surface area contributed by atoms with Gasteiger partial charge in [-0.25, -0.2) is 0 Å². The van der Waals surface area contributed by atoms with Crippen LogP contribution in [-0.2, 0) is 19.3 Å². The van der Waals surface area contributed by atoms with Crippen molar-refractivity contribution < 1.29 is 0 Å². The largest absolute Gasteiger partial charge is 0.0613 e. The van der Waals surface area contributed by atoms with Crippen LogP contribution in [0.3, 0.4) is 0 Å². The minimum absolute atomic E-state index is 1.05. The van der Waals surface area contributed by atoms with E-state index in [0.29, 0.717) is 0 Å². The molecule has 0 unspecified atom stereocenters. The molecule has 0 N–H and O–H groups in total. The van der Waals surface area contributed by atoms with Crippen molar-refractivity contribution in [2.24, 2.45) is 0 Å². The zero-order valence-electron chi connectivity index (χ0n) is 14.4. The third kappa shape index (κ3) is 3.37. The first kappa shape index (κ1) is 15.8. The summed E-state index contributed by atoms with van der Waals surface area (Å²) < 4.78 is 0. The van der Waals surface area contributed by atoms with Gasteiger partial charge in [-0.1, -0.05) is 38.1 Å². The molecule has 0 aliphatic rings. The van der Waals surface area contributed by atoms with Crippen LogP contribution in [0.2, 0.25) is 0 Å². The van der Waals surface area contributed by atoms with E-state index in [2.05, 4.69) is 65.8 Å². The molecule has 2 aromatic carbocycles. The average Bonchev–Trinajstić information content (AvgIpc) is 2.44. The van der Waals surface area contributed by atoms with Crippen LogP contribution in [0.1, 0.15) is 58.4 Å². The number of aryl methyl sites for hydroxylation is 6. The summed E-state index contributed by atoms with van der Waals surface area (Å²) in [5.74, 6) is 0. The summed E-state index contributed by atoms with van der Waals surface area (Å²) in [6.45, 7) is 13.4. The Morgan fingerprint density at radius 3 is 1.19 bits per heavy atom. The van der Waals surface area contributed by atoms with E-state index >= 15 is 0 Å². The second-order valence-corrected chi connectivity index (χ2v) is 6.29. The molecule has 2 rings (SSSR count). The summed E-state index contributed by atoms with van der Waals surface area (Å²) in [5, 5.41) is 0. The van der Waals surface area contributed by atoms with E-state index in [4.69, 9.17) is 0 Å². The summed E-state index contributed by atoms with van der Waals surface area (Å²) in [6, 6.07) is 9.52. The minimum Gasteiger partial charge on any atom is -0.0613 e. The molecule has 0 heteroatoms. The van der Waals surface area contributed by atoms with Gasteiger partial charge in [-0.05, 0) is 91.5 Å². The van der Waals surface area contributed by atoms with Crippen LogP contribution < -0.4 is 0 Å². The molecule has 0 aliphatic carbocycles. The van der Waals surface area contributed by atoms with E-state index < -0.39 is 0 Å². The maximum Gasteiger partial charge on any atom is -0.00203 e. The third-order valence-corrected chi connectivity index (χ3v) is 4.73. The summed E-state index contributed by atoms with van der Waals surface area (Å²) in [5.41, 5.74) is 11.6. The van der Waals surface area contributed by atoms with Crippen molar-refractivity contribution in [3.63, 3.8) is 0 Å². The molecule has 0 saturated heterocycles. The van der Waals surface area contributed by atoms with E-state index in [0.717, 1.165) is 19.3 Å². The smallest absolute Gasteiger partial charge is 0.00203 e. The molecule has 0 bridgehead atoms. The number of rotatable bonds is 4. The van der Waals surface area contributed by atoms with Gasteiger partial charge in [0.25, 0.3) is 0 Å². The Hall–Kier alpha value is -1.56.